The minimum absolute atomic E-state index is 0.0535. The largest absolute Gasteiger partial charge is 0.504 e. The van der Waals surface area contributed by atoms with Crippen LogP contribution < -0.4 is 10.1 Å². The minimum Gasteiger partial charge on any atom is -0.504 e. The molecule has 0 radical (unpaired) electrons. The van der Waals surface area contributed by atoms with E-state index in [0.29, 0.717) is 29.3 Å². The van der Waals surface area contributed by atoms with Crippen molar-refractivity contribution in [1.82, 2.24) is 9.88 Å². The van der Waals surface area contributed by atoms with Gasteiger partial charge in [0.15, 0.2) is 30.2 Å². The molecule has 3 aliphatic heterocycles. The second kappa shape index (κ2) is 10.3. The van der Waals surface area contributed by atoms with Crippen LogP contribution in [0.25, 0.3) is 21.7 Å². The molecule has 1 saturated heterocycles. The number of phenolic OH excluding ortho intramolecular Hbond substituents is 1. The molecule has 4 aromatic carbocycles. The average molecular weight is 686 g/mol. The van der Waals surface area contributed by atoms with Crippen molar-refractivity contribution in [1.29, 1.82) is 0 Å². The fourth-order valence-corrected chi connectivity index (χ4v) is 10.5. The monoisotopic (exact) mass is 685 g/mol. The Hall–Kier alpha value is -4.45. The van der Waals surface area contributed by atoms with Crippen molar-refractivity contribution in [3.8, 4) is 11.5 Å². The van der Waals surface area contributed by atoms with Crippen LogP contribution in [0.1, 0.15) is 81.8 Å². The number of fused-ring (bicyclic) bond motifs is 6. The summed E-state index contributed by atoms with van der Waals surface area (Å²) in [6, 6.07) is 19.3. The molecule has 2 unspecified atom stereocenters. The molecule has 10 nitrogen and oxygen atoms in total. The van der Waals surface area contributed by atoms with Gasteiger partial charge in [-0.3, -0.25) is 9.69 Å². The molecule has 2 bridgehead atoms. The van der Waals surface area contributed by atoms with Crippen molar-refractivity contribution in [2.75, 3.05) is 32.6 Å². The SMILES string of the molecule is COC1OC(OC)c2cc3cc(C(=O)Nc4cccc5c6c([nH]c45)[C@@H]4Oc5c(O)ccc7c5[C@@]45CCN(CC4CC4)[C@H](C7)[C@]5(O)C6)ccc3cc21. The Labute approximate surface area is 294 Å². The Kier molecular flexibility index (Phi) is 6.12. The molecule has 51 heavy (non-hydrogen) atoms. The van der Waals surface area contributed by atoms with E-state index in [1.807, 2.05) is 48.5 Å². The zero-order chi connectivity index (χ0) is 34.4. The molecule has 260 valence electrons. The number of anilines is 1. The van der Waals surface area contributed by atoms with Crippen molar-refractivity contribution < 1.29 is 34.0 Å². The van der Waals surface area contributed by atoms with Gasteiger partial charge in [-0.15, -0.1) is 0 Å². The molecule has 2 fully saturated rings. The van der Waals surface area contributed by atoms with E-state index in [9.17, 15) is 15.0 Å². The molecule has 5 aromatic rings. The van der Waals surface area contributed by atoms with Gasteiger partial charge in [-0.25, -0.2) is 0 Å². The number of H-pyrrole nitrogens is 1. The number of para-hydroxylation sites is 1. The Bertz CT molecular complexity index is 2330. The number of amides is 1. The Balaban J connectivity index is 0.985. The number of hydrogen-bond donors (Lipinski definition) is 4. The van der Waals surface area contributed by atoms with E-state index in [4.69, 9.17) is 18.9 Å². The van der Waals surface area contributed by atoms with E-state index < -0.39 is 29.7 Å². The molecular weight excluding hydrogens is 646 g/mol. The number of aromatic hydroxyl groups is 1. The van der Waals surface area contributed by atoms with Crippen molar-refractivity contribution in [3.05, 3.63) is 99.7 Å². The summed E-state index contributed by atoms with van der Waals surface area (Å²) in [5.41, 5.74) is 6.09. The smallest absolute Gasteiger partial charge is 0.255 e. The fourth-order valence-electron chi connectivity index (χ4n) is 10.5. The topological polar surface area (TPSA) is 126 Å². The summed E-state index contributed by atoms with van der Waals surface area (Å²) in [5.74, 6) is 1.10. The molecule has 4 N–H and O–H groups in total. The van der Waals surface area contributed by atoms with Crippen LogP contribution in [-0.2, 0) is 32.5 Å². The second-order valence-electron chi connectivity index (χ2n) is 15.4. The number of aromatic nitrogens is 1. The van der Waals surface area contributed by atoms with E-state index in [2.05, 4.69) is 21.3 Å². The third-order valence-electron chi connectivity index (χ3n) is 12.9. The van der Waals surface area contributed by atoms with E-state index in [1.54, 1.807) is 20.3 Å². The number of aromatic amines is 1. The zero-order valence-electron chi connectivity index (χ0n) is 28.5. The summed E-state index contributed by atoms with van der Waals surface area (Å²) in [7, 11) is 3.21. The van der Waals surface area contributed by atoms with Crippen LogP contribution in [0, 0.1) is 5.92 Å². The van der Waals surface area contributed by atoms with Gasteiger partial charge in [0.2, 0.25) is 0 Å². The van der Waals surface area contributed by atoms with Crippen molar-refractivity contribution in [2.24, 2.45) is 5.92 Å². The lowest BCUT2D eigenvalue weighted by Gasteiger charge is -2.62. The van der Waals surface area contributed by atoms with E-state index in [0.717, 1.165) is 81.1 Å². The molecule has 3 aliphatic carbocycles. The zero-order valence-corrected chi connectivity index (χ0v) is 28.5. The summed E-state index contributed by atoms with van der Waals surface area (Å²) in [4.78, 5) is 20.1. The Morgan fingerprint density at radius 1 is 1.04 bits per heavy atom. The summed E-state index contributed by atoms with van der Waals surface area (Å²) in [6.45, 7) is 1.90. The number of methoxy groups -OCH3 is 2. The van der Waals surface area contributed by atoms with Crippen LogP contribution in [0.2, 0.25) is 0 Å². The first-order valence-electron chi connectivity index (χ1n) is 18.0. The number of rotatable bonds is 6. The number of nitrogens with zero attached hydrogens (tertiary/aromatic N) is 1. The van der Waals surface area contributed by atoms with Crippen LogP contribution in [0.5, 0.6) is 11.5 Å². The second-order valence-corrected chi connectivity index (χ2v) is 15.4. The number of carbonyl (C=O) groups is 1. The first kappa shape index (κ1) is 30.2. The van der Waals surface area contributed by atoms with Gasteiger partial charge in [0.05, 0.1) is 27.9 Å². The number of ether oxygens (including phenoxy) is 4. The fraction of sp³-hybridized carbons (Fsp3) is 0.390. The lowest BCUT2D eigenvalue weighted by atomic mass is 9.49. The van der Waals surface area contributed by atoms with Crippen LogP contribution in [0.4, 0.5) is 5.69 Å². The lowest BCUT2D eigenvalue weighted by molar-refractivity contribution is -0.217. The Morgan fingerprint density at radius 2 is 1.84 bits per heavy atom. The van der Waals surface area contributed by atoms with Gasteiger partial charge in [-0.2, -0.15) is 0 Å². The predicted octanol–water partition coefficient (Wildman–Crippen LogP) is 6.30. The number of carbonyl (C=O) groups excluding carboxylic acids is 1. The van der Waals surface area contributed by atoms with Crippen molar-refractivity contribution in [3.63, 3.8) is 0 Å². The van der Waals surface area contributed by atoms with E-state index >= 15 is 0 Å². The normalized spacial score (nSPS) is 29.9. The number of aliphatic hydroxyl groups is 1. The number of benzene rings is 4. The maximum absolute atomic E-state index is 13.9. The highest BCUT2D eigenvalue weighted by molar-refractivity contribution is 6.10. The summed E-state index contributed by atoms with van der Waals surface area (Å²) < 4.78 is 23.7. The highest BCUT2D eigenvalue weighted by Gasteiger charge is 2.73. The Morgan fingerprint density at radius 3 is 2.63 bits per heavy atom. The minimum atomic E-state index is -1.08. The highest BCUT2D eigenvalue weighted by Crippen LogP contribution is 2.69. The number of piperidine rings is 1. The summed E-state index contributed by atoms with van der Waals surface area (Å²) in [6.07, 6.45) is 2.91. The quantitative estimate of drug-likeness (QED) is 0.164. The number of hydrogen-bond acceptors (Lipinski definition) is 8. The van der Waals surface area contributed by atoms with Crippen LogP contribution in [0.15, 0.2) is 60.7 Å². The maximum Gasteiger partial charge on any atom is 0.255 e. The molecule has 6 aliphatic rings. The van der Waals surface area contributed by atoms with Gasteiger partial charge < -0.3 is 39.5 Å². The number of nitrogens with one attached hydrogen (secondary N) is 2. The number of phenols is 1. The molecule has 10 heteroatoms. The molecule has 4 heterocycles. The molecule has 1 spiro atoms. The van der Waals surface area contributed by atoms with Gasteiger partial charge in [0, 0.05) is 60.9 Å². The van der Waals surface area contributed by atoms with Gasteiger partial charge in [-0.05, 0) is 96.4 Å². The van der Waals surface area contributed by atoms with Gasteiger partial charge in [0.1, 0.15) is 0 Å². The van der Waals surface area contributed by atoms with Crippen LogP contribution >= 0.6 is 0 Å². The standard InChI is InChI=1S/C41H39N3O7/c1-48-38-26-15-21-8-9-23(14-24(21)16-27(26)39(49-2)51-38)37(46)42-29-5-3-4-25-28-18-41(47)31-17-22-10-11-30(45)35-32(22)40(41,12-13-44(31)19-20-6-7-20)36(50-35)34(28)43-33(25)29/h3-5,8-11,14-16,20,31,36,38-39,43,45,47H,6-7,12-13,17-19H2,1-2H3,(H,42,46)/t31-,36+,38?,39?,40+,41-/m1/s1. The van der Waals surface area contributed by atoms with E-state index in [1.165, 1.54) is 12.8 Å². The molecule has 1 saturated carbocycles. The van der Waals surface area contributed by atoms with E-state index in [-0.39, 0.29) is 17.7 Å². The van der Waals surface area contributed by atoms with Crippen LogP contribution in [-0.4, -0.2) is 65.0 Å². The van der Waals surface area contributed by atoms with Gasteiger partial charge in [-0.1, -0.05) is 24.3 Å². The molecule has 6 atom stereocenters. The third kappa shape index (κ3) is 3.91. The summed E-state index contributed by atoms with van der Waals surface area (Å²) in [5, 5.41) is 30.3. The van der Waals surface area contributed by atoms with Crippen molar-refractivity contribution in [2.45, 2.75) is 67.8 Å². The molecule has 1 aromatic heterocycles. The van der Waals surface area contributed by atoms with Crippen LogP contribution in [0.3, 0.4) is 0 Å². The first-order chi connectivity index (χ1) is 24.8. The third-order valence-corrected chi connectivity index (χ3v) is 12.9. The first-order valence-corrected chi connectivity index (χ1v) is 18.0. The van der Waals surface area contributed by atoms with Gasteiger partial charge >= 0.3 is 0 Å². The maximum atomic E-state index is 13.9. The predicted molar refractivity (Wildman–Crippen MR) is 189 cm³/mol. The molecule has 1 amide bonds. The highest BCUT2D eigenvalue weighted by atomic mass is 16.8. The summed E-state index contributed by atoms with van der Waals surface area (Å²) >= 11 is 0. The lowest BCUT2D eigenvalue weighted by Crippen LogP contribution is -2.74. The molecule has 11 rings (SSSR count). The number of likely N-dealkylation sites (tertiary alicyclic amines) is 1. The van der Waals surface area contributed by atoms with Gasteiger partial charge in [0.25, 0.3) is 5.91 Å². The molecular formula is C41H39N3O7. The average Bonchev–Trinajstić information content (AvgIpc) is 3.62. The van der Waals surface area contributed by atoms with Crippen molar-refractivity contribution >= 4 is 33.3 Å².